The minimum atomic E-state index is -0.201. The molecule has 0 saturated carbocycles. The SMILES string of the molecule is CCc1ccc(CN(Cc2cccnc2)C(=O)c2cc(-c3ccccc3)no2)cc1. The summed E-state index contributed by atoms with van der Waals surface area (Å²) >= 11 is 0. The van der Waals surface area contributed by atoms with E-state index in [0.29, 0.717) is 18.8 Å². The van der Waals surface area contributed by atoms with Crippen molar-refractivity contribution in [2.24, 2.45) is 0 Å². The first-order valence-electron chi connectivity index (χ1n) is 10.0. The maximum Gasteiger partial charge on any atom is 0.293 e. The smallest absolute Gasteiger partial charge is 0.293 e. The molecule has 0 N–H and O–H groups in total. The number of nitrogens with zero attached hydrogens (tertiary/aromatic N) is 3. The number of carbonyl (C=O) groups is 1. The van der Waals surface area contributed by atoms with Gasteiger partial charge in [-0.3, -0.25) is 9.78 Å². The zero-order valence-corrected chi connectivity index (χ0v) is 16.9. The number of hydrogen-bond acceptors (Lipinski definition) is 4. The molecule has 0 fully saturated rings. The van der Waals surface area contributed by atoms with Crippen molar-refractivity contribution >= 4 is 5.91 Å². The number of rotatable bonds is 7. The van der Waals surface area contributed by atoms with E-state index in [4.69, 9.17) is 4.52 Å². The summed E-state index contributed by atoms with van der Waals surface area (Å²) in [6, 6.07) is 23.6. The predicted octanol–water partition coefficient (Wildman–Crippen LogP) is 5.14. The van der Waals surface area contributed by atoms with Crippen LogP contribution in [0.4, 0.5) is 0 Å². The van der Waals surface area contributed by atoms with E-state index in [1.807, 2.05) is 42.5 Å². The number of aryl methyl sites for hydroxylation is 1. The molecule has 0 atom stereocenters. The van der Waals surface area contributed by atoms with E-state index in [1.165, 1.54) is 5.56 Å². The Labute approximate surface area is 176 Å². The van der Waals surface area contributed by atoms with Crippen molar-refractivity contribution in [3.05, 3.63) is 108 Å². The summed E-state index contributed by atoms with van der Waals surface area (Å²) in [7, 11) is 0. The molecule has 0 radical (unpaired) electrons. The van der Waals surface area contributed by atoms with Crippen LogP contribution >= 0.6 is 0 Å². The molecule has 2 heterocycles. The van der Waals surface area contributed by atoms with Crippen LogP contribution in [0.25, 0.3) is 11.3 Å². The Hall–Kier alpha value is -3.73. The second-order valence-corrected chi connectivity index (χ2v) is 7.13. The lowest BCUT2D eigenvalue weighted by Crippen LogP contribution is -2.30. The molecule has 0 aliphatic carbocycles. The molecule has 0 aliphatic rings. The van der Waals surface area contributed by atoms with Gasteiger partial charge in [0.15, 0.2) is 0 Å². The summed E-state index contributed by atoms with van der Waals surface area (Å²) in [5.74, 6) is 0.0241. The van der Waals surface area contributed by atoms with Crippen molar-refractivity contribution in [1.82, 2.24) is 15.0 Å². The van der Waals surface area contributed by atoms with Gasteiger partial charge in [-0.2, -0.15) is 0 Å². The zero-order chi connectivity index (χ0) is 20.8. The Morgan fingerprint density at radius 1 is 0.900 bits per heavy atom. The van der Waals surface area contributed by atoms with Crippen molar-refractivity contribution in [3.8, 4) is 11.3 Å². The minimum Gasteiger partial charge on any atom is -0.350 e. The van der Waals surface area contributed by atoms with Crippen molar-refractivity contribution in [3.63, 3.8) is 0 Å². The van der Waals surface area contributed by atoms with Crippen LogP contribution in [0.15, 0.2) is 89.7 Å². The highest BCUT2D eigenvalue weighted by atomic mass is 16.5. The summed E-state index contributed by atoms with van der Waals surface area (Å²) in [6.45, 7) is 3.03. The van der Waals surface area contributed by atoms with Gasteiger partial charge in [-0.25, -0.2) is 0 Å². The first-order chi connectivity index (χ1) is 14.7. The van der Waals surface area contributed by atoms with Gasteiger partial charge in [-0.15, -0.1) is 0 Å². The molecule has 0 unspecified atom stereocenters. The molecule has 4 rings (SSSR count). The Balaban J connectivity index is 1.59. The van der Waals surface area contributed by atoms with Crippen molar-refractivity contribution in [2.45, 2.75) is 26.4 Å². The fourth-order valence-electron chi connectivity index (χ4n) is 3.29. The average molecular weight is 397 g/mol. The highest BCUT2D eigenvalue weighted by Crippen LogP contribution is 2.21. The van der Waals surface area contributed by atoms with Crippen LogP contribution in [0.2, 0.25) is 0 Å². The topological polar surface area (TPSA) is 59.2 Å². The zero-order valence-electron chi connectivity index (χ0n) is 16.9. The molecule has 5 heteroatoms. The molecular formula is C25H23N3O2. The second kappa shape index (κ2) is 9.18. The summed E-state index contributed by atoms with van der Waals surface area (Å²) in [4.78, 5) is 19.2. The molecule has 0 saturated heterocycles. The number of amides is 1. The van der Waals surface area contributed by atoms with Gasteiger partial charge >= 0.3 is 0 Å². The van der Waals surface area contributed by atoms with Gasteiger partial charge in [0.05, 0.1) is 0 Å². The van der Waals surface area contributed by atoms with Crippen LogP contribution in [0.1, 0.15) is 34.2 Å². The van der Waals surface area contributed by atoms with Gasteiger partial charge in [0.2, 0.25) is 5.76 Å². The Bertz CT molecular complexity index is 1090. The molecule has 1 amide bonds. The van der Waals surface area contributed by atoms with Gasteiger partial charge < -0.3 is 9.42 Å². The van der Waals surface area contributed by atoms with Crippen LogP contribution in [0.3, 0.4) is 0 Å². The quantitative estimate of drug-likeness (QED) is 0.433. The fourth-order valence-corrected chi connectivity index (χ4v) is 3.29. The number of benzene rings is 2. The molecule has 150 valence electrons. The number of hydrogen-bond donors (Lipinski definition) is 0. The van der Waals surface area contributed by atoms with Crippen molar-refractivity contribution in [1.29, 1.82) is 0 Å². The minimum absolute atomic E-state index is 0.201. The molecule has 2 aromatic heterocycles. The Morgan fingerprint density at radius 3 is 2.33 bits per heavy atom. The normalized spacial score (nSPS) is 10.7. The molecule has 2 aromatic carbocycles. The number of pyridine rings is 1. The molecule has 4 aromatic rings. The average Bonchev–Trinajstić information content (AvgIpc) is 3.30. The molecule has 0 aliphatic heterocycles. The fraction of sp³-hybridized carbons (Fsp3) is 0.160. The predicted molar refractivity (Wildman–Crippen MR) is 116 cm³/mol. The first-order valence-corrected chi connectivity index (χ1v) is 10.0. The van der Waals surface area contributed by atoms with E-state index in [0.717, 1.165) is 23.1 Å². The van der Waals surface area contributed by atoms with Crippen LogP contribution in [-0.4, -0.2) is 20.9 Å². The third-order valence-corrected chi connectivity index (χ3v) is 4.98. The lowest BCUT2D eigenvalue weighted by molar-refractivity contribution is 0.0687. The number of aromatic nitrogens is 2. The lowest BCUT2D eigenvalue weighted by atomic mass is 10.1. The van der Waals surface area contributed by atoms with Crippen LogP contribution in [0.5, 0.6) is 0 Å². The lowest BCUT2D eigenvalue weighted by Gasteiger charge is -2.21. The van der Waals surface area contributed by atoms with E-state index in [9.17, 15) is 4.79 Å². The summed E-state index contributed by atoms with van der Waals surface area (Å²) in [6.07, 6.45) is 4.48. The van der Waals surface area contributed by atoms with Crippen LogP contribution in [-0.2, 0) is 19.5 Å². The molecule has 0 spiro atoms. The third kappa shape index (κ3) is 4.63. The molecular weight excluding hydrogens is 374 g/mol. The maximum atomic E-state index is 13.3. The molecule has 0 bridgehead atoms. The van der Waals surface area contributed by atoms with E-state index in [-0.39, 0.29) is 11.7 Å². The summed E-state index contributed by atoms with van der Waals surface area (Å²) < 4.78 is 5.42. The van der Waals surface area contributed by atoms with Gasteiger partial charge in [-0.1, -0.05) is 72.7 Å². The van der Waals surface area contributed by atoms with E-state index >= 15 is 0 Å². The standard InChI is InChI=1S/C25H23N3O2/c1-2-19-10-12-20(13-11-19)17-28(18-21-7-6-14-26-16-21)25(29)24-15-23(27-30-24)22-8-4-3-5-9-22/h3-16H,2,17-18H2,1H3. The highest BCUT2D eigenvalue weighted by molar-refractivity contribution is 5.92. The van der Waals surface area contributed by atoms with Crippen molar-refractivity contribution in [2.75, 3.05) is 0 Å². The van der Waals surface area contributed by atoms with Crippen molar-refractivity contribution < 1.29 is 9.32 Å². The summed E-state index contributed by atoms with van der Waals surface area (Å²) in [5, 5.41) is 4.09. The van der Waals surface area contributed by atoms with Gasteiger partial charge in [-0.05, 0) is 29.2 Å². The Morgan fingerprint density at radius 2 is 1.63 bits per heavy atom. The van der Waals surface area contributed by atoms with Gasteiger partial charge in [0, 0.05) is 37.1 Å². The van der Waals surface area contributed by atoms with Gasteiger partial charge in [0.25, 0.3) is 5.91 Å². The third-order valence-electron chi connectivity index (χ3n) is 4.98. The Kier molecular flexibility index (Phi) is 5.99. The van der Waals surface area contributed by atoms with Gasteiger partial charge in [0.1, 0.15) is 5.69 Å². The van der Waals surface area contributed by atoms with E-state index in [1.54, 1.807) is 23.4 Å². The second-order valence-electron chi connectivity index (χ2n) is 7.13. The first kappa shape index (κ1) is 19.6. The van der Waals surface area contributed by atoms with Crippen LogP contribution < -0.4 is 0 Å². The molecule has 30 heavy (non-hydrogen) atoms. The van der Waals surface area contributed by atoms with E-state index in [2.05, 4.69) is 41.3 Å². The maximum absolute atomic E-state index is 13.3. The van der Waals surface area contributed by atoms with Crippen LogP contribution in [0, 0.1) is 0 Å². The number of carbonyl (C=O) groups excluding carboxylic acids is 1. The van der Waals surface area contributed by atoms with E-state index < -0.39 is 0 Å². The summed E-state index contributed by atoms with van der Waals surface area (Å²) in [5.41, 5.74) is 4.85. The molecule has 5 nitrogen and oxygen atoms in total. The largest absolute Gasteiger partial charge is 0.350 e. The monoisotopic (exact) mass is 397 g/mol. The highest BCUT2D eigenvalue weighted by Gasteiger charge is 2.22.